The lowest BCUT2D eigenvalue weighted by Crippen LogP contribution is -2.31. The van der Waals surface area contributed by atoms with Gasteiger partial charge in [-0.05, 0) is 38.0 Å². The van der Waals surface area contributed by atoms with Crippen LogP contribution in [0, 0.1) is 6.92 Å². The van der Waals surface area contributed by atoms with Crippen molar-refractivity contribution in [3.05, 3.63) is 89.5 Å². The quantitative estimate of drug-likeness (QED) is 0.321. The molecule has 3 aromatic rings. The summed E-state index contributed by atoms with van der Waals surface area (Å²) >= 11 is 0. The Morgan fingerprint density at radius 2 is 1.79 bits per heavy atom. The van der Waals surface area contributed by atoms with E-state index in [2.05, 4.69) is 4.98 Å². The molecular weight excluding hydrogens is 418 g/mol. The van der Waals surface area contributed by atoms with Gasteiger partial charge in [0.05, 0.1) is 24.5 Å². The molecule has 1 atom stereocenters. The summed E-state index contributed by atoms with van der Waals surface area (Å²) in [5.41, 5.74) is 2.40. The summed E-state index contributed by atoms with van der Waals surface area (Å²) in [5, 5.41) is 11.1. The van der Waals surface area contributed by atoms with E-state index >= 15 is 0 Å². The Balaban J connectivity index is 1.71. The van der Waals surface area contributed by atoms with E-state index in [-0.39, 0.29) is 11.3 Å². The number of aryl methyl sites for hydroxylation is 2. The first-order chi connectivity index (χ1) is 16.0. The van der Waals surface area contributed by atoms with Gasteiger partial charge in [-0.2, -0.15) is 0 Å². The number of benzene rings is 2. The fourth-order valence-corrected chi connectivity index (χ4v) is 4.08. The van der Waals surface area contributed by atoms with E-state index in [1.165, 1.54) is 0 Å². The molecule has 0 aliphatic carbocycles. The van der Waals surface area contributed by atoms with Gasteiger partial charge in [-0.15, -0.1) is 0 Å². The molecule has 4 rings (SSSR count). The highest BCUT2D eigenvalue weighted by atomic mass is 16.5. The monoisotopic (exact) mass is 445 g/mol. The first-order valence-electron chi connectivity index (χ1n) is 11.0. The van der Waals surface area contributed by atoms with Crippen molar-refractivity contribution < 1.29 is 19.4 Å². The number of aliphatic hydroxyl groups is 1. The molecule has 0 spiro atoms. The number of amides is 1. The largest absolute Gasteiger partial charge is 0.507 e. The smallest absolute Gasteiger partial charge is 0.295 e. The summed E-state index contributed by atoms with van der Waals surface area (Å²) in [6.07, 6.45) is 5.92. The average Bonchev–Trinajstić information content (AvgIpc) is 3.42. The molecule has 7 nitrogen and oxygen atoms in total. The van der Waals surface area contributed by atoms with Gasteiger partial charge in [-0.1, -0.05) is 42.0 Å². The maximum atomic E-state index is 13.1. The molecule has 2 aromatic carbocycles. The normalized spacial score (nSPS) is 17.5. The number of aromatic nitrogens is 2. The zero-order valence-corrected chi connectivity index (χ0v) is 18.8. The number of carbonyl (C=O) groups is 2. The van der Waals surface area contributed by atoms with Gasteiger partial charge < -0.3 is 19.3 Å². The summed E-state index contributed by atoms with van der Waals surface area (Å²) in [4.78, 5) is 31.7. The molecule has 1 aliphatic rings. The standard InChI is InChI=1S/C26H27N3O4/c1-3-33-21-11-9-19(10-12-21)23-22(24(30)20-7-5-18(2)6-8-20)25(31)26(32)29(23)15-4-14-28-16-13-27-17-28/h5-13,16-17,23,30H,3-4,14-15H2,1-2H3/b24-22-. The number of ether oxygens (including phenoxy) is 1. The minimum absolute atomic E-state index is 0.107. The Labute approximate surface area is 192 Å². The molecule has 170 valence electrons. The third-order valence-corrected chi connectivity index (χ3v) is 5.75. The van der Waals surface area contributed by atoms with Gasteiger partial charge in [0.1, 0.15) is 11.5 Å². The van der Waals surface area contributed by atoms with Crippen LogP contribution in [0.4, 0.5) is 0 Å². The first kappa shape index (κ1) is 22.3. The van der Waals surface area contributed by atoms with Crippen LogP contribution in [0.25, 0.3) is 5.76 Å². The van der Waals surface area contributed by atoms with Gasteiger partial charge in [-0.3, -0.25) is 9.59 Å². The molecular formula is C26H27N3O4. The van der Waals surface area contributed by atoms with Crippen LogP contribution in [-0.4, -0.2) is 44.4 Å². The number of hydrogen-bond acceptors (Lipinski definition) is 5. The molecule has 7 heteroatoms. The number of likely N-dealkylation sites (tertiary alicyclic amines) is 1. The predicted molar refractivity (Wildman–Crippen MR) is 125 cm³/mol. The van der Waals surface area contributed by atoms with E-state index in [0.717, 1.165) is 11.1 Å². The Morgan fingerprint density at radius 1 is 1.06 bits per heavy atom. The molecule has 0 radical (unpaired) electrons. The lowest BCUT2D eigenvalue weighted by Gasteiger charge is -2.25. The average molecular weight is 446 g/mol. The number of ketones is 1. The van der Waals surface area contributed by atoms with Crippen LogP contribution in [0.2, 0.25) is 0 Å². The minimum Gasteiger partial charge on any atom is -0.507 e. The second kappa shape index (κ2) is 9.73. The van der Waals surface area contributed by atoms with Crippen LogP contribution in [0.5, 0.6) is 5.75 Å². The summed E-state index contributed by atoms with van der Waals surface area (Å²) in [6.45, 7) is 5.43. The molecule has 0 bridgehead atoms. The second-order valence-electron chi connectivity index (χ2n) is 8.01. The lowest BCUT2D eigenvalue weighted by molar-refractivity contribution is -0.139. The SMILES string of the molecule is CCOc1ccc(C2/C(=C(/O)c3ccc(C)cc3)C(=O)C(=O)N2CCCn2ccnc2)cc1. The molecule has 1 saturated heterocycles. The number of hydrogen-bond donors (Lipinski definition) is 1. The van der Waals surface area contributed by atoms with Crippen molar-refractivity contribution in [1.82, 2.24) is 14.5 Å². The highest BCUT2D eigenvalue weighted by molar-refractivity contribution is 6.46. The molecule has 2 heterocycles. The number of Topliss-reactive ketones (excluding diaryl/α,β-unsaturated/α-hetero) is 1. The van der Waals surface area contributed by atoms with Crippen LogP contribution in [0.15, 0.2) is 72.8 Å². The van der Waals surface area contributed by atoms with Gasteiger partial charge in [-0.25, -0.2) is 4.98 Å². The number of aliphatic hydroxyl groups excluding tert-OH is 1. The third-order valence-electron chi connectivity index (χ3n) is 5.75. The molecule has 1 aromatic heterocycles. The molecule has 1 aliphatic heterocycles. The Bertz CT molecular complexity index is 1150. The first-order valence-corrected chi connectivity index (χ1v) is 11.0. The maximum absolute atomic E-state index is 13.1. The number of imidazole rings is 1. The summed E-state index contributed by atoms with van der Waals surface area (Å²) in [7, 11) is 0. The van der Waals surface area contributed by atoms with Crippen molar-refractivity contribution in [2.45, 2.75) is 32.9 Å². The topological polar surface area (TPSA) is 84.7 Å². The molecule has 1 unspecified atom stereocenters. The van der Waals surface area contributed by atoms with Crippen LogP contribution < -0.4 is 4.74 Å². The van der Waals surface area contributed by atoms with Gasteiger partial charge in [0.25, 0.3) is 11.7 Å². The van der Waals surface area contributed by atoms with Crippen LogP contribution >= 0.6 is 0 Å². The summed E-state index contributed by atoms with van der Waals surface area (Å²) in [5.74, 6) is -0.732. The zero-order valence-electron chi connectivity index (χ0n) is 18.8. The number of carbonyl (C=O) groups excluding carboxylic acids is 2. The van der Waals surface area contributed by atoms with Gasteiger partial charge in [0.15, 0.2) is 0 Å². The Hall–Kier alpha value is -3.87. The maximum Gasteiger partial charge on any atom is 0.295 e. The van der Waals surface area contributed by atoms with Crippen LogP contribution in [0.3, 0.4) is 0 Å². The fourth-order valence-electron chi connectivity index (χ4n) is 4.08. The van der Waals surface area contributed by atoms with Crippen LogP contribution in [-0.2, 0) is 16.1 Å². The van der Waals surface area contributed by atoms with E-state index in [9.17, 15) is 14.7 Å². The second-order valence-corrected chi connectivity index (χ2v) is 8.01. The van der Waals surface area contributed by atoms with Crippen molar-refractivity contribution in [2.24, 2.45) is 0 Å². The fraction of sp³-hybridized carbons (Fsp3) is 0.269. The molecule has 1 amide bonds. The van der Waals surface area contributed by atoms with E-state index in [0.29, 0.717) is 37.4 Å². The van der Waals surface area contributed by atoms with Crippen molar-refractivity contribution in [2.75, 3.05) is 13.2 Å². The van der Waals surface area contributed by atoms with E-state index in [1.807, 2.05) is 61.0 Å². The lowest BCUT2D eigenvalue weighted by atomic mass is 9.95. The molecule has 1 N–H and O–H groups in total. The Kier molecular flexibility index (Phi) is 6.58. The van der Waals surface area contributed by atoms with Crippen molar-refractivity contribution in [3.8, 4) is 5.75 Å². The predicted octanol–water partition coefficient (Wildman–Crippen LogP) is 4.10. The minimum atomic E-state index is -0.676. The van der Waals surface area contributed by atoms with Crippen molar-refractivity contribution in [1.29, 1.82) is 0 Å². The van der Waals surface area contributed by atoms with Crippen molar-refractivity contribution in [3.63, 3.8) is 0 Å². The Morgan fingerprint density at radius 3 is 2.42 bits per heavy atom. The van der Waals surface area contributed by atoms with Crippen LogP contribution in [0.1, 0.15) is 36.1 Å². The zero-order chi connectivity index (χ0) is 23.4. The third kappa shape index (κ3) is 4.67. The number of rotatable bonds is 8. The summed E-state index contributed by atoms with van der Waals surface area (Å²) in [6, 6.07) is 13.9. The van der Waals surface area contributed by atoms with E-state index in [4.69, 9.17) is 4.74 Å². The highest BCUT2D eigenvalue weighted by Gasteiger charge is 2.45. The van der Waals surface area contributed by atoms with Crippen molar-refractivity contribution >= 4 is 17.4 Å². The van der Waals surface area contributed by atoms with Gasteiger partial charge >= 0.3 is 0 Å². The van der Waals surface area contributed by atoms with E-state index < -0.39 is 17.7 Å². The van der Waals surface area contributed by atoms with Gasteiger partial charge in [0, 0.05) is 31.0 Å². The molecule has 33 heavy (non-hydrogen) atoms. The van der Waals surface area contributed by atoms with E-state index in [1.54, 1.807) is 29.6 Å². The summed E-state index contributed by atoms with van der Waals surface area (Å²) < 4.78 is 7.46. The highest BCUT2D eigenvalue weighted by Crippen LogP contribution is 2.40. The molecule has 0 saturated carbocycles. The number of nitrogens with zero attached hydrogens (tertiary/aromatic N) is 3. The molecule has 1 fully saturated rings. The van der Waals surface area contributed by atoms with Gasteiger partial charge in [0.2, 0.25) is 0 Å².